The van der Waals surface area contributed by atoms with Crippen molar-refractivity contribution in [3.05, 3.63) is 168 Å². The standard InChI is InChI=1S/C92H104Cl2IN9O32/c1-3-4-5-6-7-8-9-10-11-12-13-14-64(112)99-72-78(117)75(114)62(36-106)133-91(72)136-82-59-30-44-31-60(82)130-56-22-18-42(28-51(56)94)81(135-90-71(97-38(2)108)77(116)74(113)61(35-105)132-90)73-88(125)103-70(89(126)127)49-33-46(110)34-58(131-92-80(119)79(118)76(115)63(37-107)134-92)65(49)48-27-41(16-19-52(48)95)67(85(122)104-73)101-87(124)69(44)102-86(123)68-43-25-45(109)32-47(26-43)128-57-29-40(17-20-54(57)111)66(96)84(121)98-53(83(120)100-68)24-39-15-21-55(129-59)50(93)23-39/h15-23,25-34,53,61-63,66-81,90-92,105-107,109-111,113-119H,3-14,24,35-37,96H2,1-2H3,(H,97,108)(H,98,121)(H,99,112)(H,100,120)(H,101,124)(H,102,123)(H,103,125)(H,104,122)(H,126,127)/t53-,61?,62?,63?,66-,67-,68+,69-,70+,71+,72?,73+,74-,75-,76-,77?,78-,79-,80?,81-,90+,91+,92+/m1/s1. The van der Waals surface area contributed by atoms with Crippen LogP contribution in [0.5, 0.6) is 63.2 Å². The van der Waals surface area contributed by atoms with Gasteiger partial charge in [-0.15, -0.1) is 0 Å². The van der Waals surface area contributed by atoms with Crippen LogP contribution in [0, 0.1) is 3.57 Å². The van der Waals surface area contributed by atoms with E-state index in [9.17, 15) is 90.7 Å². The molecule has 7 aromatic carbocycles. The Labute approximate surface area is 799 Å². The van der Waals surface area contributed by atoms with Crippen LogP contribution in [-0.2, 0) is 68.5 Å². The van der Waals surface area contributed by atoms with Crippen LogP contribution in [0.3, 0.4) is 0 Å². The van der Waals surface area contributed by atoms with Gasteiger partial charge in [-0.3, -0.25) is 38.4 Å². The molecular weight excluding hydrogens is 1940 g/mol. The second kappa shape index (κ2) is 44.1. The van der Waals surface area contributed by atoms with E-state index in [1.165, 1.54) is 48.5 Å². The second-order valence-electron chi connectivity index (χ2n) is 34.1. The zero-order valence-electron chi connectivity index (χ0n) is 72.9. The quantitative estimate of drug-likeness (QED) is 0.0303. The molecule has 9 heterocycles. The summed E-state index contributed by atoms with van der Waals surface area (Å²) >= 11 is 16.6. The van der Waals surface area contributed by atoms with E-state index < -0.39 is 288 Å². The summed E-state index contributed by atoms with van der Waals surface area (Å²) in [5, 5.41) is 179. The van der Waals surface area contributed by atoms with Gasteiger partial charge in [-0.1, -0.05) is 119 Å². The fourth-order valence-electron chi connectivity index (χ4n) is 17.2. The van der Waals surface area contributed by atoms with Crippen LogP contribution >= 0.6 is 45.8 Å². The fraction of sp³-hybridized carbons (Fsp3) is 0.446. The Hall–Kier alpha value is -11.1. The number of hydrogen-bond acceptors (Lipinski definition) is 32. The number of benzene rings is 7. The molecule has 23 atom stereocenters. The SMILES string of the molecule is CCCCCCCCCCCCCC(=O)NC1[C@H](Oc2c3cc4cc2Oc2ccc(cc2Cl)[C@@H](O[C@@H]2OC(CO)[C@@H](O)C(O)[C@@H]2NC(C)=O)[C@@H]2NC(=O)[C@H](NC(=O)[C@@H]4NC(=O)[C@H]4NC(=O)[C@@H](Cc5ccc(c(Cl)c5)O3)NC(=O)[C@H](N)c3ccc(O)c(c3)Oc3cc(O)cc4c3)c3ccc(I)c(c3)-c3c(O[C@H]4OC(CO)[C@@H](O)[C@@H](O)C4O)cc(O)cc3[C@@H](C(=O)O)NC2=O)OC(CO)[C@@H](O)[C@@H]1O. The average Bonchev–Trinajstić information content (AvgIpc) is 0.751. The molecule has 136 heavy (non-hydrogen) atoms. The van der Waals surface area contributed by atoms with Crippen LogP contribution < -0.4 is 72.0 Å². The van der Waals surface area contributed by atoms with Gasteiger partial charge in [0, 0.05) is 46.6 Å². The molecule has 0 aliphatic carbocycles. The fourth-order valence-corrected chi connectivity index (χ4v) is 18.3. The maximum atomic E-state index is 17.1. The molecule has 0 aromatic heterocycles. The lowest BCUT2D eigenvalue weighted by Gasteiger charge is -2.44. The predicted octanol–water partition coefficient (Wildman–Crippen LogP) is 3.62. The number of phenols is 3. The van der Waals surface area contributed by atoms with Gasteiger partial charge in [0.25, 0.3) is 0 Å². The molecule has 17 bridgehead atoms. The van der Waals surface area contributed by atoms with E-state index in [0.717, 1.165) is 131 Å². The number of phenolic OH excluding ortho intramolecular Hbond substituents is 3. The normalized spacial score (nSPS) is 28.4. The van der Waals surface area contributed by atoms with Crippen molar-refractivity contribution < 1.29 is 157 Å². The summed E-state index contributed by atoms with van der Waals surface area (Å²) in [6, 6.07) is 2.55. The van der Waals surface area contributed by atoms with Crippen molar-refractivity contribution >= 4 is 99.0 Å². The van der Waals surface area contributed by atoms with Crippen LogP contribution in [0.2, 0.25) is 10.0 Å². The van der Waals surface area contributed by atoms with E-state index in [1.54, 1.807) is 22.6 Å². The van der Waals surface area contributed by atoms with Crippen molar-refractivity contribution in [2.75, 3.05) is 19.8 Å². The van der Waals surface area contributed by atoms with Gasteiger partial charge in [-0.2, -0.15) is 0 Å². The molecule has 9 aliphatic heterocycles. The second-order valence-corrected chi connectivity index (χ2v) is 36.1. The number of fused-ring (bicyclic) bond motifs is 14. The first-order chi connectivity index (χ1) is 65.0. The van der Waals surface area contributed by atoms with Gasteiger partial charge in [-0.25, -0.2) is 4.79 Å². The summed E-state index contributed by atoms with van der Waals surface area (Å²) in [6.45, 7) is 0.0631. The maximum absolute atomic E-state index is 17.1. The Morgan fingerprint density at radius 3 is 1.64 bits per heavy atom. The Kier molecular flexibility index (Phi) is 32.7. The minimum absolute atomic E-state index is 0.0389. The zero-order valence-corrected chi connectivity index (χ0v) is 76.6. The highest BCUT2D eigenvalue weighted by Gasteiger charge is 2.52. The number of amides is 8. The topological polar surface area (TPSA) is 642 Å². The Bertz CT molecular complexity index is 5630. The molecule has 6 unspecified atom stereocenters. The summed E-state index contributed by atoms with van der Waals surface area (Å²) < 4.78 is 58.0. The molecule has 730 valence electrons. The largest absolute Gasteiger partial charge is 0.508 e. The van der Waals surface area contributed by atoms with Gasteiger partial charge in [0.05, 0.1) is 29.9 Å². The summed E-state index contributed by atoms with van der Waals surface area (Å²) in [4.78, 5) is 139. The van der Waals surface area contributed by atoms with Crippen molar-refractivity contribution in [1.82, 2.24) is 42.5 Å². The van der Waals surface area contributed by atoms with Gasteiger partial charge in [0.15, 0.2) is 35.3 Å². The number of rotatable bonds is 24. The molecule has 3 fully saturated rings. The molecule has 7 aromatic rings. The van der Waals surface area contributed by atoms with E-state index >= 15 is 24.0 Å². The van der Waals surface area contributed by atoms with Gasteiger partial charge in [-0.05, 0) is 147 Å². The van der Waals surface area contributed by atoms with Gasteiger partial charge in [0.2, 0.25) is 65.6 Å². The van der Waals surface area contributed by atoms with E-state index in [4.69, 9.17) is 71.6 Å². The molecule has 9 aliphatic rings. The number of carboxylic acid groups (broad SMARTS) is 1. The highest BCUT2D eigenvalue weighted by Crippen LogP contribution is 2.51. The molecule has 3 saturated heterocycles. The molecule has 0 saturated carbocycles. The van der Waals surface area contributed by atoms with Gasteiger partial charge in [0.1, 0.15) is 150 Å². The molecule has 41 nitrogen and oxygen atoms in total. The van der Waals surface area contributed by atoms with Gasteiger partial charge < -0.3 is 162 Å². The van der Waals surface area contributed by atoms with E-state index in [0.29, 0.717) is 12.8 Å². The van der Waals surface area contributed by atoms with Crippen molar-refractivity contribution in [2.45, 2.75) is 238 Å². The van der Waals surface area contributed by atoms with Crippen molar-refractivity contribution in [3.8, 4) is 74.4 Å². The minimum Gasteiger partial charge on any atom is -0.508 e. The molecule has 44 heteroatoms. The summed E-state index contributed by atoms with van der Waals surface area (Å²) in [6.07, 6.45) is -18.5. The molecule has 8 amide bonds. The number of halogens is 3. The Balaban J connectivity index is 1.01. The number of ether oxygens (including phenoxy) is 9. The van der Waals surface area contributed by atoms with E-state index in [1.807, 2.05) is 0 Å². The van der Waals surface area contributed by atoms with Crippen molar-refractivity contribution in [2.24, 2.45) is 5.73 Å². The number of unbranched alkanes of at least 4 members (excludes halogenated alkanes) is 10. The third-order valence-corrected chi connectivity index (χ3v) is 26.0. The number of aromatic hydroxyl groups is 3. The lowest BCUT2D eigenvalue weighted by atomic mass is 9.90. The average molecular weight is 2050 g/mol. The van der Waals surface area contributed by atoms with Crippen LogP contribution in [-0.4, -0.2) is 249 Å². The number of hydrogen-bond donors (Lipinski definition) is 23. The lowest BCUT2D eigenvalue weighted by molar-refractivity contribution is -0.284. The maximum Gasteiger partial charge on any atom is 0.330 e. The minimum atomic E-state index is -2.54. The number of aliphatic carboxylic acids is 1. The molecular formula is C92H104Cl2IN9O32. The first-order valence-corrected chi connectivity index (χ1v) is 45.9. The Morgan fingerprint density at radius 2 is 1.03 bits per heavy atom. The third kappa shape index (κ3) is 22.7. The first-order valence-electron chi connectivity index (χ1n) is 44.1. The number of carbonyl (C=O) groups is 9. The summed E-state index contributed by atoms with van der Waals surface area (Å²) in [5.74, 6) is -17.8. The summed E-state index contributed by atoms with van der Waals surface area (Å²) in [5.41, 5.74) is 3.93. The summed E-state index contributed by atoms with van der Waals surface area (Å²) in [7, 11) is 0. The molecule has 0 spiro atoms. The third-order valence-electron chi connectivity index (χ3n) is 24.4. The number of nitrogens with two attached hydrogens (primary N) is 1. The van der Waals surface area contributed by atoms with E-state index in [-0.39, 0.29) is 65.6 Å². The number of carboxylic acids is 1. The van der Waals surface area contributed by atoms with Crippen LogP contribution in [0.4, 0.5) is 0 Å². The van der Waals surface area contributed by atoms with Crippen LogP contribution in [0.15, 0.2) is 115 Å². The van der Waals surface area contributed by atoms with Crippen LogP contribution in [0.1, 0.15) is 166 Å². The van der Waals surface area contributed by atoms with Crippen LogP contribution in [0.25, 0.3) is 11.1 Å². The molecule has 24 N–H and O–H groups in total. The number of carbonyl (C=O) groups excluding carboxylic acids is 8. The highest BCUT2D eigenvalue weighted by molar-refractivity contribution is 14.1. The Morgan fingerprint density at radius 1 is 0.493 bits per heavy atom. The molecule has 16 rings (SSSR count). The van der Waals surface area contributed by atoms with E-state index in [2.05, 4.69) is 49.5 Å². The zero-order chi connectivity index (χ0) is 97.5. The van der Waals surface area contributed by atoms with Crippen molar-refractivity contribution in [3.63, 3.8) is 0 Å². The predicted molar refractivity (Wildman–Crippen MR) is 483 cm³/mol. The lowest BCUT2D eigenvalue weighted by Crippen LogP contribution is -2.65. The number of nitrogens with one attached hydrogen (secondary N) is 8. The smallest absolute Gasteiger partial charge is 0.330 e. The van der Waals surface area contributed by atoms with Crippen molar-refractivity contribution in [1.29, 1.82) is 0 Å². The number of aliphatic hydroxyl groups excluding tert-OH is 10. The number of aliphatic hydroxyl groups is 10. The first kappa shape index (κ1) is 101. The monoisotopic (exact) mass is 2040 g/mol. The van der Waals surface area contributed by atoms with Gasteiger partial charge >= 0.3 is 5.97 Å². The highest BCUT2D eigenvalue weighted by atomic mass is 127. The molecule has 0 radical (unpaired) electrons.